The number of thiol groups is 1. The van der Waals surface area contributed by atoms with Crippen molar-refractivity contribution in [1.82, 2.24) is 9.99 Å². The number of halogens is 1. The van der Waals surface area contributed by atoms with Crippen LogP contribution in [0.15, 0.2) is 64.9 Å². The SMILES string of the molecule is C=C(NC=O)c1cc(Cl)ccc1OC(C(=O)Nn1cccc(-c2cc(N)c(S)cc2C)c1=O)C1CC1. The first kappa shape index (κ1) is 25.4. The fraction of sp³-hybridized carbons (Fsp3) is 0.192. The Morgan fingerprint density at radius 3 is 2.72 bits per heavy atom. The number of rotatable bonds is 9. The zero-order valence-corrected chi connectivity index (χ0v) is 21.1. The second-order valence-corrected chi connectivity index (χ2v) is 9.47. The molecule has 1 aliphatic rings. The molecule has 1 aliphatic carbocycles. The van der Waals surface area contributed by atoms with E-state index in [1.807, 2.05) is 6.92 Å². The van der Waals surface area contributed by atoms with E-state index in [1.54, 1.807) is 42.5 Å². The van der Waals surface area contributed by atoms with E-state index >= 15 is 0 Å². The summed E-state index contributed by atoms with van der Waals surface area (Å²) in [4.78, 5) is 38.1. The first-order chi connectivity index (χ1) is 17.2. The number of anilines is 1. The van der Waals surface area contributed by atoms with Crippen molar-refractivity contribution >= 4 is 47.9 Å². The summed E-state index contributed by atoms with van der Waals surface area (Å²) in [5.41, 5.74) is 11.3. The molecule has 1 fully saturated rings. The van der Waals surface area contributed by atoms with Crippen LogP contribution in [0.25, 0.3) is 16.8 Å². The van der Waals surface area contributed by atoms with Crippen LogP contribution in [0.4, 0.5) is 5.69 Å². The van der Waals surface area contributed by atoms with Crippen molar-refractivity contribution in [3.63, 3.8) is 0 Å². The largest absolute Gasteiger partial charge is 0.480 e. The highest BCUT2D eigenvalue weighted by molar-refractivity contribution is 7.80. The zero-order chi connectivity index (χ0) is 26.0. The molecule has 1 saturated carbocycles. The molecule has 3 aromatic rings. The number of carbonyl (C=O) groups excluding carboxylic acids is 2. The summed E-state index contributed by atoms with van der Waals surface area (Å²) in [6, 6.07) is 11.6. The number of aryl methyl sites for hydroxylation is 1. The molecule has 4 N–H and O–H groups in total. The van der Waals surface area contributed by atoms with Crippen LogP contribution < -0.4 is 26.8 Å². The van der Waals surface area contributed by atoms with Gasteiger partial charge in [0.15, 0.2) is 6.10 Å². The Balaban J connectivity index is 1.62. The molecule has 186 valence electrons. The molecule has 4 rings (SSSR count). The molecular formula is C26H25ClN4O4S. The maximum Gasteiger partial charge on any atom is 0.280 e. The highest BCUT2D eigenvalue weighted by Gasteiger charge is 2.39. The summed E-state index contributed by atoms with van der Waals surface area (Å²) < 4.78 is 7.24. The van der Waals surface area contributed by atoms with Gasteiger partial charge in [-0.1, -0.05) is 18.2 Å². The standard InChI is InChI=1S/C26H25ClN4O4S/c1-14-10-23(36)21(28)12-19(14)18-4-3-9-31(26(18)34)30-25(33)24(16-5-6-16)35-22-8-7-17(27)11-20(22)15(2)29-13-32/h3-4,7-13,16,24,36H,2,5-6,28H2,1H3,(H,29,32)(H,30,33). The van der Waals surface area contributed by atoms with E-state index in [0.717, 1.165) is 23.1 Å². The minimum atomic E-state index is -0.870. The quantitative estimate of drug-likeness (QED) is 0.192. The van der Waals surface area contributed by atoms with E-state index in [9.17, 15) is 14.4 Å². The van der Waals surface area contributed by atoms with Crippen LogP contribution in [-0.2, 0) is 9.59 Å². The lowest BCUT2D eigenvalue weighted by molar-refractivity contribution is -0.124. The second kappa shape index (κ2) is 10.5. The molecule has 1 aromatic heterocycles. The lowest BCUT2D eigenvalue weighted by Crippen LogP contribution is -2.42. The van der Waals surface area contributed by atoms with Gasteiger partial charge in [0.05, 0.1) is 0 Å². The summed E-state index contributed by atoms with van der Waals surface area (Å²) in [6.07, 6.45) is 2.71. The number of nitrogens with one attached hydrogen (secondary N) is 2. The van der Waals surface area contributed by atoms with Gasteiger partial charge in [-0.2, -0.15) is 0 Å². The van der Waals surface area contributed by atoms with Crippen molar-refractivity contribution in [3.8, 4) is 16.9 Å². The smallest absolute Gasteiger partial charge is 0.280 e. The van der Waals surface area contributed by atoms with E-state index < -0.39 is 17.6 Å². The van der Waals surface area contributed by atoms with E-state index in [2.05, 4.69) is 30.0 Å². The van der Waals surface area contributed by atoms with Crippen molar-refractivity contribution in [2.24, 2.45) is 5.92 Å². The maximum atomic E-state index is 13.3. The zero-order valence-electron chi connectivity index (χ0n) is 19.5. The number of nitrogens with zero attached hydrogens (tertiary/aromatic N) is 1. The van der Waals surface area contributed by atoms with Gasteiger partial charge in [-0.15, -0.1) is 12.6 Å². The fourth-order valence-electron chi connectivity index (χ4n) is 3.86. The molecular weight excluding hydrogens is 500 g/mol. The number of carbonyl (C=O) groups is 2. The average molecular weight is 525 g/mol. The molecule has 1 atom stereocenters. The van der Waals surface area contributed by atoms with Crippen LogP contribution >= 0.6 is 24.2 Å². The Morgan fingerprint density at radius 1 is 1.28 bits per heavy atom. The highest BCUT2D eigenvalue weighted by atomic mass is 35.5. The Hall–Kier alpha value is -3.69. The molecule has 36 heavy (non-hydrogen) atoms. The predicted molar refractivity (Wildman–Crippen MR) is 144 cm³/mol. The van der Waals surface area contributed by atoms with Crippen molar-refractivity contribution in [3.05, 3.63) is 81.7 Å². The third-order valence-corrected chi connectivity index (χ3v) is 6.53. The van der Waals surface area contributed by atoms with Crippen molar-refractivity contribution in [2.45, 2.75) is 30.8 Å². The van der Waals surface area contributed by atoms with Crippen LogP contribution in [-0.4, -0.2) is 23.1 Å². The molecule has 8 nitrogen and oxygen atoms in total. The molecule has 0 aliphatic heterocycles. The fourth-order valence-corrected chi connectivity index (χ4v) is 4.29. The topological polar surface area (TPSA) is 115 Å². The minimum Gasteiger partial charge on any atom is -0.480 e. The second-order valence-electron chi connectivity index (χ2n) is 8.56. The number of nitrogens with two attached hydrogens (primary N) is 1. The van der Waals surface area contributed by atoms with Crippen molar-refractivity contribution < 1.29 is 14.3 Å². The average Bonchev–Trinajstić information content (AvgIpc) is 3.67. The number of benzene rings is 2. The van der Waals surface area contributed by atoms with E-state index in [4.69, 9.17) is 22.1 Å². The number of hydrogen-bond acceptors (Lipinski definition) is 6. The molecule has 0 bridgehead atoms. The van der Waals surface area contributed by atoms with Crippen LogP contribution in [0.3, 0.4) is 0 Å². The van der Waals surface area contributed by atoms with Gasteiger partial charge < -0.3 is 15.8 Å². The molecule has 0 spiro atoms. The third kappa shape index (κ3) is 5.42. The number of ether oxygens (including phenoxy) is 1. The van der Waals surface area contributed by atoms with Crippen molar-refractivity contribution in [2.75, 3.05) is 11.2 Å². The molecule has 10 heteroatoms. The van der Waals surface area contributed by atoms with Gasteiger partial charge in [0.25, 0.3) is 11.5 Å². The first-order valence-electron chi connectivity index (χ1n) is 11.2. The molecule has 1 unspecified atom stereocenters. The van der Waals surface area contributed by atoms with E-state index in [-0.39, 0.29) is 11.6 Å². The molecule has 0 radical (unpaired) electrons. The van der Waals surface area contributed by atoms with E-state index in [0.29, 0.717) is 44.5 Å². The summed E-state index contributed by atoms with van der Waals surface area (Å²) >= 11 is 10.4. The maximum absolute atomic E-state index is 13.3. The summed E-state index contributed by atoms with van der Waals surface area (Å²) in [6.45, 7) is 5.68. The Kier molecular flexibility index (Phi) is 7.42. The Labute approximate surface area is 218 Å². The van der Waals surface area contributed by atoms with Gasteiger partial charge in [0, 0.05) is 44.5 Å². The Bertz CT molecular complexity index is 1420. The van der Waals surface area contributed by atoms with Crippen LogP contribution in [0.2, 0.25) is 5.02 Å². The van der Waals surface area contributed by atoms with Gasteiger partial charge in [0.2, 0.25) is 6.41 Å². The summed E-state index contributed by atoms with van der Waals surface area (Å²) in [7, 11) is 0. The number of amides is 2. The summed E-state index contributed by atoms with van der Waals surface area (Å²) in [5.74, 6) is -0.164. The number of hydrogen-bond donors (Lipinski definition) is 4. The van der Waals surface area contributed by atoms with Gasteiger partial charge in [0.1, 0.15) is 5.75 Å². The molecule has 2 aromatic carbocycles. The predicted octanol–water partition coefficient (Wildman–Crippen LogP) is 3.99. The summed E-state index contributed by atoms with van der Waals surface area (Å²) in [5, 5.41) is 2.90. The minimum absolute atomic E-state index is 0.0234. The van der Waals surface area contributed by atoms with Crippen LogP contribution in [0, 0.1) is 12.8 Å². The van der Waals surface area contributed by atoms with Gasteiger partial charge in [-0.05, 0) is 73.4 Å². The molecule has 1 heterocycles. The van der Waals surface area contributed by atoms with Gasteiger partial charge in [-0.25, -0.2) is 4.68 Å². The lowest BCUT2D eigenvalue weighted by atomic mass is 10.0. The monoisotopic (exact) mass is 524 g/mol. The van der Waals surface area contributed by atoms with Crippen LogP contribution in [0.5, 0.6) is 5.75 Å². The third-order valence-electron chi connectivity index (χ3n) is 5.90. The number of nitrogen functional groups attached to an aromatic ring is 1. The lowest BCUT2D eigenvalue weighted by Gasteiger charge is -2.21. The Morgan fingerprint density at radius 2 is 2.03 bits per heavy atom. The van der Waals surface area contributed by atoms with Gasteiger partial charge in [-0.3, -0.25) is 19.8 Å². The normalized spacial score (nSPS) is 13.5. The number of pyridine rings is 1. The van der Waals surface area contributed by atoms with Crippen LogP contribution in [0.1, 0.15) is 24.0 Å². The number of aromatic nitrogens is 1. The van der Waals surface area contributed by atoms with E-state index in [1.165, 1.54) is 6.20 Å². The van der Waals surface area contributed by atoms with Gasteiger partial charge >= 0.3 is 0 Å². The molecule has 0 saturated heterocycles. The molecule has 2 amide bonds. The van der Waals surface area contributed by atoms with Crippen molar-refractivity contribution in [1.29, 1.82) is 0 Å². The first-order valence-corrected chi connectivity index (χ1v) is 12.0. The highest BCUT2D eigenvalue weighted by Crippen LogP contribution is 2.37.